The zero-order valence-corrected chi connectivity index (χ0v) is 13.7. The molecule has 0 aliphatic heterocycles. The summed E-state index contributed by atoms with van der Waals surface area (Å²) >= 11 is 0. The van der Waals surface area contributed by atoms with Crippen molar-refractivity contribution >= 4 is 5.91 Å². The molecule has 1 heterocycles. The van der Waals surface area contributed by atoms with Gasteiger partial charge in [-0.15, -0.1) is 10.2 Å². The molecule has 6 heteroatoms. The second-order valence-corrected chi connectivity index (χ2v) is 7.04. The van der Waals surface area contributed by atoms with Gasteiger partial charge in [0, 0.05) is 32.5 Å². The number of hydrogen-bond donors (Lipinski definition) is 1. The zero-order valence-electron chi connectivity index (χ0n) is 13.7. The summed E-state index contributed by atoms with van der Waals surface area (Å²) in [6, 6.07) is 0.337. The van der Waals surface area contributed by atoms with E-state index in [2.05, 4.69) is 14.8 Å². The highest BCUT2D eigenvalue weighted by Gasteiger charge is 2.29. The highest BCUT2D eigenvalue weighted by molar-refractivity contribution is 5.76. The smallest absolute Gasteiger partial charge is 0.222 e. The normalized spacial score (nSPS) is 25.2. The first-order valence-electron chi connectivity index (χ1n) is 8.42. The minimum Gasteiger partial charge on any atom is -0.338 e. The van der Waals surface area contributed by atoms with E-state index in [9.17, 15) is 4.79 Å². The van der Waals surface area contributed by atoms with Gasteiger partial charge in [-0.05, 0) is 44.4 Å². The highest BCUT2D eigenvalue weighted by atomic mass is 16.2. The topological polar surface area (TPSA) is 77.0 Å². The molecule has 1 amide bonds. The molecule has 1 aromatic heterocycles. The molecule has 2 fully saturated rings. The second kappa shape index (κ2) is 6.36. The van der Waals surface area contributed by atoms with E-state index >= 15 is 0 Å². The number of carbonyl (C=O) groups is 1. The van der Waals surface area contributed by atoms with Crippen molar-refractivity contribution in [3.8, 4) is 0 Å². The summed E-state index contributed by atoms with van der Waals surface area (Å²) in [5.41, 5.74) is 5.92. The molecule has 0 atom stereocenters. The molecule has 3 rings (SSSR count). The van der Waals surface area contributed by atoms with Crippen molar-refractivity contribution in [1.82, 2.24) is 19.7 Å². The van der Waals surface area contributed by atoms with Crippen LogP contribution in [-0.4, -0.2) is 38.7 Å². The molecule has 0 aromatic carbocycles. The average Bonchev–Trinajstić information content (AvgIpc) is 3.27. The SMILES string of the molecule is CN(Cc1nnc(C2CC2)n1C)C(=O)CC1CCC(N)CC1. The van der Waals surface area contributed by atoms with E-state index in [1.54, 1.807) is 4.90 Å². The van der Waals surface area contributed by atoms with Gasteiger partial charge >= 0.3 is 0 Å². The lowest BCUT2D eigenvalue weighted by atomic mass is 9.84. The van der Waals surface area contributed by atoms with Gasteiger partial charge in [0.1, 0.15) is 5.82 Å². The number of nitrogens with zero attached hydrogens (tertiary/aromatic N) is 4. The van der Waals surface area contributed by atoms with E-state index in [1.807, 2.05) is 14.1 Å². The van der Waals surface area contributed by atoms with Gasteiger partial charge in [-0.2, -0.15) is 0 Å². The van der Waals surface area contributed by atoms with Gasteiger partial charge in [0.05, 0.1) is 6.54 Å². The first kappa shape index (κ1) is 15.5. The van der Waals surface area contributed by atoms with Gasteiger partial charge in [-0.25, -0.2) is 0 Å². The highest BCUT2D eigenvalue weighted by Crippen LogP contribution is 2.38. The lowest BCUT2D eigenvalue weighted by Crippen LogP contribution is -2.32. The Labute approximate surface area is 132 Å². The molecule has 2 aliphatic rings. The van der Waals surface area contributed by atoms with Crippen LogP contribution >= 0.6 is 0 Å². The largest absolute Gasteiger partial charge is 0.338 e. The van der Waals surface area contributed by atoms with E-state index in [1.165, 1.54) is 12.8 Å². The number of rotatable bonds is 5. The Bertz CT molecular complexity index is 529. The third-order valence-electron chi connectivity index (χ3n) is 5.10. The summed E-state index contributed by atoms with van der Waals surface area (Å²) in [6.07, 6.45) is 7.32. The molecule has 0 radical (unpaired) electrons. The van der Waals surface area contributed by atoms with Gasteiger partial charge in [-0.1, -0.05) is 0 Å². The third kappa shape index (κ3) is 3.48. The van der Waals surface area contributed by atoms with Crippen LogP contribution in [0.15, 0.2) is 0 Å². The molecule has 2 aliphatic carbocycles. The van der Waals surface area contributed by atoms with Crippen LogP contribution < -0.4 is 5.73 Å². The maximum Gasteiger partial charge on any atom is 0.222 e. The van der Waals surface area contributed by atoms with Gasteiger partial charge in [0.15, 0.2) is 5.82 Å². The molecule has 2 saturated carbocycles. The number of amides is 1. The minimum atomic E-state index is 0.205. The van der Waals surface area contributed by atoms with E-state index in [0.717, 1.165) is 37.3 Å². The Morgan fingerprint density at radius 2 is 1.91 bits per heavy atom. The molecule has 0 bridgehead atoms. The summed E-state index contributed by atoms with van der Waals surface area (Å²) < 4.78 is 2.06. The monoisotopic (exact) mass is 305 g/mol. The fourth-order valence-electron chi connectivity index (χ4n) is 3.31. The predicted octanol–water partition coefficient (Wildman–Crippen LogP) is 1.56. The lowest BCUT2D eigenvalue weighted by Gasteiger charge is -2.27. The van der Waals surface area contributed by atoms with E-state index < -0.39 is 0 Å². The molecular weight excluding hydrogens is 278 g/mol. The molecule has 6 nitrogen and oxygen atoms in total. The number of aromatic nitrogens is 3. The van der Waals surface area contributed by atoms with Crippen molar-refractivity contribution < 1.29 is 4.79 Å². The molecule has 0 spiro atoms. The fraction of sp³-hybridized carbons (Fsp3) is 0.812. The lowest BCUT2D eigenvalue weighted by molar-refractivity contribution is -0.131. The van der Waals surface area contributed by atoms with Crippen molar-refractivity contribution in [2.24, 2.45) is 18.7 Å². The van der Waals surface area contributed by atoms with Gasteiger partial charge < -0.3 is 15.2 Å². The van der Waals surface area contributed by atoms with Crippen LogP contribution in [0.1, 0.15) is 62.5 Å². The van der Waals surface area contributed by atoms with E-state index in [-0.39, 0.29) is 5.91 Å². The van der Waals surface area contributed by atoms with Crippen LogP contribution in [0.3, 0.4) is 0 Å². The molecular formula is C16H27N5O. The fourth-order valence-corrected chi connectivity index (χ4v) is 3.31. The van der Waals surface area contributed by atoms with Crippen LogP contribution in [0.2, 0.25) is 0 Å². The Morgan fingerprint density at radius 1 is 1.23 bits per heavy atom. The van der Waals surface area contributed by atoms with Crippen molar-refractivity contribution in [3.05, 3.63) is 11.6 Å². The Balaban J connectivity index is 1.52. The van der Waals surface area contributed by atoms with Gasteiger partial charge in [-0.3, -0.25) is 4.79 Å². The third-order valence-corrected chi connectivity index (χ3v) is 5.10. The summed E-state index contributed by atoms with van der Waals surface area (Å²) in [5.74, 6) is 3.23. The molecule has 0 saturated heterocycles. The van der Waals surface area contributed by atoms with Crippen LogP contribution in [0.4, 0.5) is 0 Å². The zero-order chi connectivity index (χ0) is 15.7. The molecule has 22 heavy (non-hydrogen) atoms. The standard InChI is InChI=1S/C16H27N5O/c1-20(15(22)9-11-3-7-13(17)8-4-11)10-14-18-19-16(21(14)2)12-5-6-12/h11-13H,3-10,17H2,1-2H3. The Hall–Kier alpha value is -1.43. The van der Waals surface area contributed by atoms with Gasteiger partial charge in [0.25, 0.3) is 0 Å². The maximum absolute atomic E-state index is 12.4. The summed E-state index contributed by atoms with van der Waals surface area (Å²) in [6.45, 7) is 0.543. The average molecular weight is 305 g/mol. The van der Waals surface area contributed by atoms with Crippen LogP contribution in [0.5, 0.6) is 0 Å². The first-order valence-corrected chi connectivity index (χ1v) is 8.42. The predicted molar refractivity (Wildman–Crippen MR) is 84.0 cm³/mol. The number of nitrogens with two attached hydrogens (primary N) is 1. The van der Waals surface area contributed by atoms with Crippen LogP contribution in [-0.2, 0) is 18.4 Å². The van der Waals surface area contributed by atoms with E-state index in [4.69, 9.17) is 5.73 Å². The quantitative estimate of drug-likeness (QED) is 0.895. The van der Waals surface area contributed by atoms with Crippen molar-refractivity contribution in [2.45, 2.75) is 63.5 Å². The molecule has 0 unspecified atom stereocenters. The number of hydrogen-bond acceptors (Lipinski definition) is 4. The first-order chi connectivity index (χ1) is 10.5. The Kier molecular flexibility index (Phi) is 4.47. The number of carbonyl (C=O) groups excluding carboxylic acids is 1. The van der Waals surface area contributed by atoms with Crippen molar-refractivity contribution in [2.75, 3.05) is 7.05 Å². The molecule has 2 N–H and O–H groups in total. The second-order valence-electron chi connectivity index (χ2n) is 7.04. The molecule has 122 valence electrons. The van der Waals surface area contributed by atoms with E-state index in [0.29, 0.717) is 30.8 Å². The summed E-state index contributed by atoms with van der Waals surface area (Å²) in [4.78, 5) is 14.2. The minimum absolute atomic E-state index is 0.205. The van der Waals surface area contributed by atoms with Crippen molar-refractivity contribution in [1.29, 1.82) is 0 Å². The summed E-state index contributed by atoms with van der Waals surface area (Å²) in [5, 5.41) is 8.53. The van der Waals surface area contributed by atoms with Crippen LogP contribution in [0.25, 0.3) is 0 Å². The Morgan fingerprint density at radius 3 is 2.55 bits per heavy atom. The van der Waals surface area contributed by atoms with Crippen molar-refractivity contribution in [3.63, 3.8) is 0 Å². The van der Waals surface area contributed by atoms with Crippen LogP contribution in [0, 0.1) is 5.92 Å². The summed E-state index contributed by atoms with van der Waals surface area (Å²) in [7, 11) is 3.87. The molecule has 1 aromatic rings. The van der Waals surface area contributed by atoms with Gasteiger partial charge in [0.2, 0.25) is 5.91 Å². The maximum atomic E-state index is 12.4.